The Hall–Kier alpha value is -1.44. The molecule has 6 rings (SSSR count). The topological polar surface area (TPSA) is 66.4 Å². The normalized spacial score (nSPS) is 23.2. The third kappa shape index (κ3) is 3.79. The van der Waals surface area contributed by atoms with Crippen LogP contribution in [0, 0.1) is 0 Å². The molecule has 4 heterocycles. The standard InChI is InChI=1S/C24H22N4O2S6/c1-3-27-20(29)12(33-22(27)31)10-14-25-18-16(35-14)17-19(24(18)8-6-5-7-9-24)26-15(36-17)11-13-21(30)28(4-2)23(32)34-13/h10-11H,3-9H2,1-2H3/b12-10-,13-11-. The highest BCUT2D eigenvalue weighted by Crippen LogP contribution is 2.59. The minimum absolute atomic E-state index is 0.0413. The van der Waals surface area contributed by atoms with Gasteiger partial charge in [-0.05, 0) is 38.8 Å². The lowest BCUT2D eigenvalue weighted by atomic mass is 9.72. The van der Waals surface area contributed by atoms with Gasteiger partial charge in [0, 0.05) is 13.1 Å². The minimum atomic E-state index is -0.182. The van der Waals surface area contributed by atoms with Crippen molar-refractivity contribution in [3.8, 4) is 9.75 Å². The van der Waals surface area contributed by atoms with Crippen LogP contribution in [0.2, 0.25) is 0 Å². The van der Waals surface area contributed by atoms with E-state index in [-0.39, 0.29) is 17.2 Å². The smallest absolute Gasteiger partial charge is 0.266 e. The van der Waals surface area contributed by atoms with Crippen molar-refractivity contribution < 1.29 is 9.59 Å². The molecule has 0 N–H and O–H groups in total. The quantitative estimate of drug-likeness (QED) is 0.305. The summed E-state index contributed by atoms with van der Waals surface area (Å²) in [5, 5.41) is 1.68. The Morgan fingerprint density at radius 2 is 1.25 bits per heavy atom. The van der Waals surface area contributed by atoms with E-state index in [2.05, 4.69) is 0 Å². The summed E-state index contributed by atoms with van der Waals surface area (Å²) in [4.78, 5) is 42.5. The second kappa shape index (κ2) is 9.39. The first-order chi connectivity index (χ1) is 17.4. The summed E-state index contributed by atoms with van der Waals surface area (Å²) in [6.45, 7) is 5.01. The Kier molecular flexibility index (Phi) is 6.49. The monoisotopic (exact) mass is 590 g/mol. The number of fused-ring (bicyclic) bond motifs is 5. The summed E-state index contributed by atoms with van der Waals surface area (Å²) in [5.74, 6) is -0.0826. The Morgan fingerprint density at radius 1 is 0.806 bits per heavy atom. The molecule has 12 heteroatoms. The summed E-state index contributed by atoms with van der Waals surface area (Å²) in [6, 6.07) is 0. The number of nitrogens with zero attached hydrogens (tertiary/aromatic N) is 4. The van der Waals surface area contributed by atoms with E-state index in [1.807, 2.05) is 26.0 Å². The Bertz CT molecular complexity index is 1300. The van der Waals surface area contributed by atoms with Crippen LogP contribution in [-0.4, -0.2) is 53.3 Å². The minimum Gasteiger partial charge on any atom is -0.293 e. The van der Waals surface area contributed by atoms with Gasteiger partial charge < -0.3 is 0 Å². The van der Waals surface area contributed by atoms with Crippen LogP contribution in [-0.2, 0) is 15.0 Å². The molecule has 0 atom stereocenters. The number of hydrogen-bond acceptors (Lipinski definition) is 10. The number of likely N-dealkylation sites (N-methyl/N-ethyl adjacent to an activating group) is 2. The molecule has 0 aromatic carbocycles. The van der Waals surface area contributed by atoms with Crippen molar-refractivity contribution >= 4 is 103 Å². The molecular formula is C24H22N4O2S6. The van der Waals surface area contributed by atoms with Crippen LogP contribution in [0.15, 0.2) is 9.81 Å². The maximum absolute atomic E-state index is 12.8. The fourth-order valence-corrected chi connectivity index (χ4v) is 10.5. The van der Waals surface area contributed by atoms with Crippen molar-refractivity contribution in [3.63, 3.8) is 0 Å². The lowest BCUT2D eigenvalue weighted by Gasteiger charge is -2.32. The molecule has 2 aliphatic heterocycles. The first-order valence-electron chi connectivity index (χ1n) is 11.9. The highest BCUT2D eigenvalue weighted by Gasteiger charge is 2.49. The van der Waals surface area contributed by atoms with E-state index in [0.29, 0.717) is 31.5 Å². The predicted molar refractivity (Wildman–Crippen MR) is 158 cm³/mol. The van der Waals surface area contributed by atoms with E-state index in [4.69, 9.17) is 34.4 Å². The summed E-state index contributed by atoms with van der Waals surface area (Å²) in [5.41, 5.74) is 2.04. The van der Waals surface area contributed by atoms with Gasteiger partial charge in [-0.1, -0.05) is 67.2 Å². The second-order valence-corrected chi connectivity index (χ2v) is 14.4. The molecule has 2 aliphatic carbocycles. The van der Waals surface area contributed by atoms with E-state index in [0.717, 1.165) is 56.8 Å². The number of carbonyl (C=O) groups is 2. The summed E-state index contributed by atoms with van der Waals surface area (Å²) >= 11 is 16.7. The molecular weight excluding hydrogens is 569 g/mol. The number of rotatable bonds is 4. The molecule has 2 saturated heterocycles. The molecule has 2 aromatic heterocycles. The zero-order valence-corrected chi connectivity index (χ0v) is 24.6. The Balaban J connectivity index is 1.40. The average Bonchev–Trinajstić information content (AvgIpc) is 3.63. The van der Waals surface area contributed by atoms with Crippen LogP contribution in [0.3, 0.4) is 0 Å². The second-order valence-electron chi connectivity index (χ2n) is 8.95. The van der Waals surface area contributed by atoms with Crippen molar-refractivity contribution in [2.45, 2.75) is 51.4 Å². The van der Waals surface area contributed by atoms with Crippen molar-refractivity contribution in [1.29, 1.82) is 0 Å². The van der Waals surface area contributed by atoms with Gasteiger partial charge >= 0.3 is 0 Å². The van der Waals surface area contributed by atoms with Crippen LogP contribution in [0.4, 0.5) is 0 Å². The third-order valence-corrected chi connectivity index (χ3v) is 11.9. The van der Waals surface area contributed by atoms with Gasteiger partial charge in [0.25, 0.3) is 11.8 Å². The number of amides is 2. The maximum atomic E-state index is 12.8. The van der Waals surface area contributed by atoms with Crippen LogP contribution in [0.25, 0.3) is 21.9 Å². The fraction of sp³-hybridized carbons (Fsp3) is 0.417. The van der Waals surface area contributed by atoms with Crippen LogP contribution >= 0.6 is 70.6 Å². The summed E-state index contributed by atoms with van der Waals surface area (Å²) in [6.07, 6.45) is 9.34. The number of thiocarbonyl (C=S) groups is 2. The summed E-state index contributed by atoms with van der Waals surface area (Å²) < 4.78 is 1.20. The Labute approximate surface area is 236 Å². The predicted octanol–water partition coefficient (Wildman–Crippen LogP) is 6.27. The van der Waals surface area contributed by atoms with Crippen LogP contribution in [0.1, 0.15) is 67.4 Å². The van der Waals surface area contributed by atoms with Crippen molar-refractivity contribution in [3.05, 3.63) is 31.2 Å². The summed E-state index contributed by atoms with van der Waals surface area (Å²) in [7, 11) is 0. The van der Waals surface area contributed by atoms with Crippen molar-refractivity contribution in [2.24, 2.45) is 0 Å². The molecule has 0 unspecified atom stereocenters. The zero-order chi connectivity index (χ0) is 25.2. The molecule has 0 bridgehead atoms. The van der Waals surface area contributed by atoms with Crippen LogP contribution < -0.4 is 0 Å². The Morgan fingerprint density at radius 3 is 1.64 bits per heavy atom. The first kappa shape index (κ1) is 24.9. The molecule has 36 heavy (non-hydrogen) atoms. The number of thiazole rings is 2. The third-order valence-electron chi connectivity index (χ3n) is 7.00. The highest BCUT2D eigenvalue weighted by molar-refractivity contribution is 8.27. The molecule has 1 saturated carbocycles. The molecule has 3 fully saturated rings. The fourth-order valence-electron chi connectivity index (χ4n) is 5.26. The average molecular weight is 591 g/mol. The molecule has 6 nitrogen and oxygen atoms in total. The van der Waals surface area contributed by atoms with Gasteiger partial charge in [-0.15, -0.1) is 22.7 Å². The molecule has 1 spiro atoms. The van der Waals surface area contributed by atoms with E-state index < -0.39 is 0 Å². The molecule has 2 amide bonds. The van der Waals surface area contributed by atoms with Gasteiger partial charge in [-0.3, -0.25) is 19.4 Å². The molecule has 186 valence electrons. The lowest BCUT2D eigenvalue weighted by Crippen LogP contribution is -2.29. The van der Waals surface area contributed by atoms with Gasteiger partial charge in [0.15, 0.2) is 0 Å². The van der Waals surface area contributed by atoms with Crippen molar-refractivity contribution in [1.82, 2.24) is 19.8 Å². The number of aromatic nitrogens is 2. The van der Waals surface area contributed by atoms with E-state index in [9.17, 15) is 9.59 Å². The number of hydrogen-bond donors (Lipinski definition) is 0. The zero-order valence-electron chi connectivity index (χ0n) is 19.7. The van der Waals surface area contributed by atoms with Gasteiger partial charge in [0.2, 0.25) is 0 Å². The molecule has 4 aliphatic rings. The maximum Gasteiger partial charge on any atom is 0.266 e. The van der Waals surface area contributed by atoms with Gasteiger partial charge in [0.05, 0.1) is 36.4 Å². The van der Waals surface area contributed by atoms with Gasteiger partial charge in [-0.2, -0.15) is 0 Å². The highest BCUT2D eigenvalue weighted by atomic mass is 32.2. The molecule has 2 aromatic rings. The number of carbonyl (C=O) groups excluding carboxylic acids is 2. The number of thioether (sulfide) groups is 2. The van der Waals surface area contributed by atoms with E-state index in [1.165, 1.54) is 29.9 Å². The van der Waals surface area contributed by atoms with E-state index in [1.54, 1.807) is 32.5 Å². The van der Waals surface area contributed by atoms with Crippen LogP contribution in [0.5, 0.6) is 0 Å². The van der Waals surface area contributed by atoms with Gasteiger partial charge in [0.1, 0.15) is 18.7 Å². The largest absolute Gasteiger partial charge is 0.293 e. The van der Waals surface area contributed by atoms with E-state index >= 15 is 0 Å². The SMILES string of the molecule is CCN1C(=O)/C(=C/c2nc3c(s2)-c2sc(/C=C4\SC(=S)N(CC)C4=O)nc2C32CCCCC2)SC1=S. The van der Waals surface area contributed by atoms with Crippen molar-refractivity contribution in [2.75, 3.05) is 13.1 Å². The lowest BCUT2D eigenvalue weighted by molar-refractivity contribution is -0.122. The van der Waals surface area contributed by atoms with Gasteiger partial charge in [-0.25, -0.2) is 9.97 Å². The molecule has 0 radical (unpaired) electrons. The first-order valence-corrected chi connectivity index (χ1v) is 16.0.